The quantitative estimate of drug-likeness (QED) is 0.930. The monoisotopic (exact) mass is 336 g/mol. The van der Waals surface area contributed by atoms with Gasteiger partial charge in [-0.05, 0) is 29.8 Å². The van der Waals surface area contributed by atoms with Crippen LogP contribution in [0.5, 0.6) is 0 Å². The molecular formula is C15H13ClN2O3S. The highest BCUT2D eigenvalue weighted by molar-refractivity contribution is 7.93. The number of hydrogen-bond donors (Lipinski definition) is 1. The van der Waals surface area contributed by atoms with E-state index in [0.717, 1.165) is 9.87 Å². The summed E-state index contributed by atoms with van der Waals surface area (Å²) < 4.78 is 26.9. The molecule has 114 valence electrons. The number of amides is 1. The summed E-state index contributed by atoms with van der Waals surface area (Å²) in [6.07, 6.45) is 0.269. The van der Waals surface area contributed by atoms with Crippen LogP contribution >= 0.6 is 11.6 Å². The van der Waals surface area contributed by atoms with Crippen LogP contribution in [0, 0.1) is 0 Å². The summed E-state index contributed by atoms with van der Waals surface area (Å²) in [5.74, 6) is -0.679. The van der Waals surface area contributed by atoms with E-state index in [4.69, 9.17) is 17.3 Å². The van der Waals surface area contributed by atoms with E-state index in [9.17, 15) is 13.2 Å². The number of carbonyl (C=O) groups is 1. The van der Waals surface area contributed by atoms with Gasteiger partial charge in [0.1, 0.15) is 6.04 Å². The standard InChI is InChI=1S/C15H13ClN2O3S/c16-11-5-3-6-12(9-11)22(20,21)18-13-7-2-1-4-10(13)8-14(18)15(17)19/h1-7,9,14H,8H2,(H2,17,19). The zero-order valence-corrected chi connectivity index (χ0v) is 13.0. The van der Waals surface area contributed by atoms with Crippen LogP contribution in [0.3, 0.4) is 0 Å². The lowest BCUT2D eigenvalue weighted by atomic mass is 10.1. The Bertz CT molecular complexity index is 851. The second-order valence-electron chi connectivity index (χ2n) is 5.01. The van der Waals surface area contributed by atoms with E-state index in [1.807, 2.05) is 0 Å². The van der Waals surface area contributed by atoms with Crippen LogP contribution in [0.15, 0.2) is 53.4 Å². The molecular weight excluding hydrogens is 324 g/mol. The van der Waals surface area contributed by atoms with E-state index in [-0.39, 0.29) is 11.3 Å². The molecule has 1 aliphatic rings. The van der Waals surface area contributed by atoms with E-state index in [0.29, 0.717) is 10.7 Å². The highest BCUT2D eigenvalue weighted by atomic mass is 35.5. The summed E-state index contributed by atoms with van der Waals surface area (Å²) >= 11 is 5.88. The molecule has 0 aliphatic carbocycles. The third kappa shape index (κ3) is 2.34. The first-order valence-corrected chi connectivity index (χ1v) is 8.40. The topological polar surface area (TPSA) is 80.5 Å². The smallest absolute Gasteiger partial charge is 0.265 e. The third-order valence-electron chi connectivity index (χ3n) is 3.61. The molecule has 1 atom stereocenters. The fraction of sp³-hybridized carbons (Fsp3) is 0.133. The number of fused-ring (bicyclic) bond motifs is 1. The number of para-hydroxylation sites is 1. The van der Waals surface area contributed by atoms with Crippen molar-refractivity contribution >= 4 is 33.2 Å². The van der Waals surface area contributed by atoms with Crippen molar-refractivity contribution in [2.24, 2.45) is 5.73 Å². The number of carbonyl (C=O) groups excluding carboxylic acids is 1. The molecule has 2 aromatic carbocycles. The minimum atomic E-state index is -3.92. The van der Waals surface area contributed by atoms with Crippen molar-refractivity contribution in [2.75, 3.05) is 4.31 Å². The lowest BCUT2D eigenvalue weighted by molar-refractivity contribution is -0.118. The van der Waals surface area contributed by atoms with Gasteiger partial charge in [0, 0.05) is 11.4 Å². The Kier molecular flexibility index (Phi) is 3.58. The van der Waals surface area contributed by atoms with E-state index in [2.05, 4.69) is 0 Å². The number of sulfonamides is 1. The van der Waals surface area contributed by atoms with Crippen molar-refractivity contribution < 1.29 is 13.2 Å². The fourth-order valence-corrected chi connectivity index (χ4v) is 4.57. The number of benzene rings is 2. The van der Waals surface area contributed by atoms with Gasteiger partial charge < -0.3 is 5.73 Å². The van der Waals surface area contributed by atoms with Gasteiger partial charge in [0.2, 0.25) is 5.91 Å². The molecule has 5 nitrogen and oxygen atoms in total. The van der Waals surface area contributed by atoms with Gasteiger partial charge in [-0.15, -0.1) is 0 Å². The van der Waals surface area contributed by atoms with Crippen LogP contribution in [0.2, 0.25) is 5.02 Å². The Labute approximate surface area is 133 Å². The molecule has 0 bridgehead atoms. The maximum absolute atomic E-state index is 12.9. The van der Waals surface area contributed by atoms with E-state index >= 15 is 0 Å². The van der Waals surface area contributed by atoms with Gasteiger partial charge in [0.05, 0.1) is 10.6 Å². The third-order valence-corrected chi connectivity index (χ3v) is 5.66. The summed E-state index contributed by atoms with van der Waals surface area (Å²) in [5, 5.41) is 0.309. The van der Waals surface area contributed by atoms with Crippen molar-refractivity contribution in [3.05, 3.63) is 59.1 Å². The Morgan fingerprint density at radius 2 is 1.91 bits per heavy atom. The van der Waals surface area contributed by atoms with Crippen LogP contribution in [-0.2, 0) is 21.2 Å². The van der Waals surface area contributed by atoms with E-state index in [1.165, 1.54) is 12.1 Å². The molecule has 0 fully saturated rings. The molecule has 2 aromatic rings. The second-order valence-corrected chi connectivity index (χ2v) is 7.26. The number of nitrogens with zero attached hydrogens (tertiary/aromatic N) is 1. The number of anilines is 1. The summed E-state index contributed by atoms with van der Waals surface area (Å²) in [4.78, 5) is 11.7. The van der Waals surface area contributed by atoms with E-state index in [1.54, 1.807) is 36.4 Å². The molecule has 0 saturated carbocycles. The molecule has 0 radical (unpaired) electrons. The molecule has 1 aliphatic heterocycles. The summed E-state index contributed by atoms with van der Waals surface area (Å²) in [6, 6.07) is 12.0. The predicted octanol–water partition coefficient (Wildman–Crippen LogP) is 1.95. The summed E-state index contributed by atoms with van der Waals surface area (Å²) in [5.41, 5.74) is 6.65. The molecule has 3 rings (SSSR count). The van der Waals surface area contributed by atoms with Gasteiger partial charge in [-0.2, -0.15) is 0 Å². The Morgan fingerprint density at radius 3 is 2.59 bits per heavy atom. The van der Waals surface area contributed by atoms with Crippen molar-refractivity contribution in [3.8, 4) is 0 Å². The van der Waals surface area contributed by atoms with Gasteiger partial charge in [-0.25, -0.2) is 8.42 Å². The summed E-state index contributed by atoms with van der Waals surface area (Å²) in [6.45, 7) is 0. The molecule has 7 heteroatoms. The van der Waals surface area contributed by atoms with Crippen molar-refractivity contribution in [1.29, 1.82) is 0 Å². The van der Waals surface area contributed by atoms with Crippen molar-refractivity contribution in [3.63, 3.8) is 0 Å². The molecule has 1 heterocycles. The number of rotatable bonds is 3. The Morgan fingerprint density at radius 1 is 1.18 bits per heavy atom. The first-order chi connectivity index (χ1) is 10.4. The van der Waals surface area contributed by atoms with Crippen LogP contribution in [-0.4, -0.2) is 20.4 Å². The van der Waals surface area contributed by atoms with Gasteiger partial charge in [-0.1, -0.05) is 35.9 Å². The van der Waals surface area contributed by atoms with Crippen molar-refractivity contribution in [2.45, 2.75) is 17.4 Å². The average Bonchev–Trinajstić information content (AvgIpc) is 2.87. The van der Waals surface area contributed by atoms with Gasteiger partial charge in [-0.3, -0.25) is 9.10 Å². The Balaban J connectivity index is 2.17. The van der Waals surface area contributed by atoms with Crippen molar-refractivity contribution in [1.82, 2.24) is 0 Å². The SMILES string of the molecule is NC(=O)C1Cc2ccccc2N1S(=O)(=O)c1cccc(Cl)c1. The first kappa shape index (κ1) is 14.9. The molecule has 0 saturated heterocycles. The van der Waals surface area contributed by atoms with Gasteiger partial charge in [0.15, 0.2) is 0 Å². The van der Waals surface area contributed by atoms with Crippen LogP contribution in [0.25, 0.3) is 0 Å². The molecule has 0 spiro atoms. The molecule has 0 aromatic heterocycles. The number of primary amides is 1. The maximum Gasteiger partial charge on any atom is 0.265 e. The lowest BCUT2D eigenvalue weighted by Gasteiger charge is -2.25. The van der Waals surface area contributed by atoms with Crippen LogP contribution < -0.4 is 10.0 Å². The molecule has 22 heavy (non-hydrogen) atoms. The van der Waals surface area contributed by atoms with Gasteiger partial charge in [0.25, 0.3) is 10.0 Å². The minimum absolute atomic E-state index is 0.0305. The van der Waals surface area contributed by atoms with Gasteiger partial charge >= 0.3 is 0 Å². The fourth-order valence-electron chi connectivity index (χ4n) is 2.61. The highest BCUT2D eigenvalue weighted by Crippen LogP contribution is 2.36. The zero-order chi connectivity index (χ0) is 15.9. The minimum Gasteiger partial charge on any atom is -0.368 e. The van der Waals surface area contributed by atoms with Crippen LogP contribution in [0.1, 0.15) is 5.56 Å². The number of halogens is 1. The predicted molar refractivity (Wildman–Crippen MR) is 84.2 cm³/mol. The highest BCUT2D eigenvalue weighted by Gasteiger charge is 2.41. The molecule has 1 unspecified atom stereocenters. The van der Waals surface area contributed by atoms with E-state index < -0.39 is 22.0 Å². The first-order valence-electron chi connectivity index (χ1n) is 6.58. The molecule has 2 N–H and O–H groups in total. The second kappa shape index (κ2) is 5.30. The largest absolute Gasteiger partial charge is 0.368 e. The number of nitrogens with two attached hydrogens (primary N) is 1. The zero-order valence-electron chi connectivity index (χ0n) is 11.4. The maximum atomic E-state index is 12.9. The Hall–Kier alpha value is -2.05. The molecule has 1 amide bonds. The normalized spacial score (nSPS) is 17.3. The lowest BCUT2D eigenvalue weighted by Crippen LogP contribution is -2.45. The number of hydrogen-bond acceptors (Lipinski definition) is 3. The van der Waals surface area contributed by atoms with Crippen LogP contribution in [0.4, 0.5) is 5.69 Å². The average molecular weight is 337 g/mol. The summed E-state index contributed by atoms with van der Waals surface area (Å²) in [7, 11) is -3.92.